The second-order valence-electron chi connectivity index (χ2n) is 7.08. The number of carbonyl (C=O) groups excluding carboxylic acids is 1. The van der Waals surface area contributed by atoms with E-state index in [0.29, 0.717) is 10.8 Å². The van der Waals surface area contributed by atoms with E-state index < -0.39 is 5.91 Å². The van der Waals surface area contributed by atoms with Crippen molar-refractivity contribution in [3.05, 3.63) is 88.1 Å². The van der Waals surface area contributed by atoms with E-state index in [-0.39, 0.29) is 11.4 Å². The quantitative estimate of drug-likeness (QED) is 0.453. The molecule has 0 aliphatic rings. The number of fused-ring (bicyclic) bond motifs is 1. The molecule has 152 valence electrons. The molecule has 6 nitrogen and oxygen atoms in total. The summed E-state index contributed by atoms with van der Waals surface area (Å²) < 4.78 is 1.47. The number of anilines is 1. The van der Waals surface area contributed by atoms with Crippen LogP contribution in [-0.4, -0.2) is 20.7 Å². The zero-order valence-electron chi connectivity index (χ0n) is 16.9. The summed E-state index contributed by atoms with van der Waals surface area (Å²) in [5, 5.41) is 18.2. The fraction of sp³-hybridized carbons (Fsp3) is 0.0833. The number of nitrogens with zero attached hydrogens (tertiary/aromatic N) is 4. The maximum Gasteiger partial charge on any atom is 0.249 e. The van der Waals surface area contributed by atoms with Crippen molar-refractivity contribution in [2.75, 3.05) is 5.32 Å². The van der Waals surface area contributed by atoms with Crippen molar-refractivity contribution in [1.29, 1.82) is 5.26 Å². The Morgan fingerprint density at radius 3 is 2.74 bits per heavy atom. The highest BCUT2D eigenvalue weighted by molar-refractivity contribution is 6.30. The molecule has 4 aromatic rings. The lowest BCUT2D eigenvalue weighted by molar-refractivity contribution is -0.111. The van der Waals surface area contributed by atoms with Gasteiger partial charge in [-0.1, -0.05) is 41.9 Å². The molecule has 1 amide bonds. The van der Waals surface area contributed by atoms with Crippen molar-refractivity contribution in [3.8, 4) is 11.9 Å². The number of carbonyl (C=O) groups is 1. The largest absolute Gasteiger partial charge is 0.306 e. The summed E-state index contributed by atoms with van der Waals surface area (Å²) in [6, 6.07) is 17.1. The van der Waals surface area contributed by atoms with Gasteiger partial charge in [0.05, 0.1) is 11.7 Å². The highest BCUT2D eigenvalue weighted by Gasteiger charge is 2.16. The predicted octanol–water partition coefficient (Wildman–Crippen LogP) is 5.21. The summed E-state index contributed by atoms with van der Waals surface area (Å²) in [6.45, 7) is 3.99. The van der Waals surface area contributed by atoms with Crippen LogP contribution in [0.5, 0.6) is 0 Å². The third kappa shape index (κ3) is 4.18. The normalized spacial score (nSPS) is 11.0. The van der Waals surface area contributed by atoms with Gasteiger partial charge in [-0.3, -0.25) is 4.79 Å². The van der Waals surface area contributed by atoms with Crippen molar-refractivity contribution in [2.24, 2.45) is 0 Å². The average molecular weight is 428 g/mol. The molecule has 4 rings (SSSR count). The number of hydrogen-bond donors (Lipinski definition) is 1. The van der Waals surface area contributed by atoms with Crippen molar-refractivity contribution in [2.45, 2.75) is 13.8 Å². The Hall–Kier alpha value is -3.95. The first-order chi connectivity index (χ1) is 15.0. The number of nitriles is 1. The molecule has 7 heteroatoms. The molecular formula is C24H18ClN5O. The van der Waals surface area contributed by atoms with E-state index in [0.717, 1.165) is 27.6 Å². The van der Waals surface area contributed by atoms with Gasteiger partial charge in [-0.05, 0) is 54.8 Å². The molecule has 2 heterocycles. The Morgan fingerprint density at radius 2 is 1.97 bits per heavy atom. The van der Waals surface area contributed by atoms with Gasteiger partial charge < -0.3 is 5.32 Å². The first-order valence-corrected chi connectivity index (χ1v) is 9.94. The van der Waals surface area contributed by atoms with E-state index in [1.54, 1.807) is 24.3 Å². The second-order valence-corrected chi connectivity index (χ2v) is 7.51. The number of amides is 1. The molecule has 2 aromatic carbocycles. The highest BCUT2D eigenvalue weighted by Crippen LogP contribution is 2.25. The van der Waals surface area contributed by atoms with Gasteiger partial charge in [0.15, 0.2) is 11.6 Å². The lowest BCUT2D eigenvalue weighted by Crippen LogP contribution is -2.14. The summed E-state index contributed by atoms with van der Waals surface area (Å²) in [7, 11) is 0. The summed E-state index contributed by atoms with van der Waals surface area (Å²) in [5.41, 5.74) is 3.94. The lowest BCUT2D eigenvalue weighted by atomic mass is 10.1. The molecule has 0 atom stereocenters. The van der Waals surface area contributed by atoms with E-state index in [4.69, 9.17) is 16.6 Å². The van der Waals surface area contributed by atoms with Crippen molar-refractivity contribution < 1.29 is 4.79 Å². The van der Waals surface area contributed by atoms with Crippen LogP contribution in [0.2, 0.25) is 5.02 Å². The average Bonchev–Trinajstić information content (AvgIpc) is 3.15. The van der Waals surface area contributed by atoms with Crippen molar-refractivity contribution in [1.82, 2.24) is 14.8 Å². The van der Waals surface area contributed by atoms with Gasteiger partial charge in [0.25, 0.3) is 0 Å². The van der Waals surface area contributed by atoms with Crippen LogP contribution in [-0.2, 0) is 4.79 Å². The Balaban J connectivity index is 1.70. The molecule has 0 bridgehead atoms. The Morgan fingerprint density at radius 1 is 1.16 bits per heavy atom. The molecule has 0 spiro atoms. The predicted molar refractivity (Wildman–Crippen MR) is 122 cm³/mol. The number of halogens is 1. The van der Waals surface area contributed by atoms with Crippen LogP contribution in [0.15, 0.2) is 60.8 Å². The minimum Gasteiger partial charge on any atom is -0.306 e. The number of nitrogens with one attached hydrogen (secondary N) is 1. The van der Waals surface area contributed by atoms with E-state index in [2.05, 4.69) is 16.5 Å². The van der Waals surface area contributed by atoms with Crippen LogP contribution in [0.25, 0.3) is 22.8 Å². The second kappa shape index (κ2) is 8.42. The van der Waals surface area contributed by atoms with Crippen LogP contribution in [0.4, 0.5) is 5.82 Å². The van der Waals surface area contributed by atoms with Gasteiger partial charge >= 0.3 is 0 Å². The van der Waals surface area contributed by atoms with Gasteiger partial charge in [-0.25, -0.2) is 4.98 Å². The molecule has 0 aliphatic heterocycles. The molecule has 0 unspecified atom stereocenters. The number of pyridine rings is 1. The van der Waals surface area contributed by atoms with E-state index >= 15 is 0 Å². The molecule has 0 saturated carbocycles. The Bertz CT molecular complexity index is 1380. The number of aryl methyl sites for hydroxylation is 2. The Kier molecular flexibility index (Phi) is 5.52. The van der Waals surface area contributed by atoms with Crippen molar-refractivity contribution >= 4 is 40.3 Å². The van der Waals surface area contributed by atoms with Crippen molar-refractivity contribution in [3.63, 3.8) is 0 Å². The first kappa shape index (κ1) is 20.3. The van der Waals surface area contributed by atoms with Crippen LogP contribution in [0.3, 0.4) is 0 Å². The standard InChI is InChI=1S/C24H18ClN5O/c1-15-5-3-8-20-16(2)11-21(28-23(15)20)30-24(18(13-26)14-27-30)29-22(31)10-9-17-6-4-7-19(25)12-17/h3-12,14H,1-2H3,(H,29,31)/b10-9+. The molecule has 1 N–H and O–H groups in total. The summed E-state index contributed by atoms with van der Waals surface area (Å²) in [5.74, 6) is 0.393. The minimum atomic E-state index is -0.396. The topological polar surface area (TPSA) is 83.6 Å². The summed E-state index contributed by atoms with van der Waals surface area (Å²) in [4.78, 5) is 17.3. The Labute approximate surface area is 184 Å². The van der Waals surface area contributed by atoms with E-state index in [9.17, 15) is 10.1 Å². The molecule has 0 saturated heterocycles. The van der Waals surface area contributed by atoms with Gasteiger partial charge in [0, 0.05) is 16.5 Å². The molecule has 2 aromatic heterocycles. The van der Waals surface area contributed by atoms with E-state index in [1.807, 2.05) is 44.2 Å². The zero-order chi connectivity index (χ0) is 22.0. The fourth-order valence-corrected chi connectivity index (χ4v) is 3.52. The van der Waals surface area contributed by atoms with Crippen LogP contribution >= 0.6 is 11.6 Å². The first-order valence-electron chi connectivity index (χ1n) is 9.56. The highest BCUT2D eigenvalue weighted by atomic mass is 35.5. The molecular weight excluding hydrogens is 410 g/mol. The summed E-state index contributed by atoms with van der Waals surface area (Å²) >= 11 is 5.98. The maximum atomic E-state index is 12.6. The molecule has 0 radical (unpaired) electrons. The number of para-hydroxylation sites is 1. The zero-order valence-corrected chi connectivity index (χ0v) is 17.7. The molecule has 0 fully saturated rings. The minimum absolute atomic E-state index is 0.244. The SMILES string of the molecule is Cc1cc(-n2ncc(C#N)c2NC(=O)/C=C/c2cccc(Cl)c2)nc2c(C)cccc12. The van der Waals surface area contributed by atoms with Gasteiger partial charge in [0.1, 0.15) is 11.6 Å². The fourth-order valence-electron chi connectivity index (χ4n) is 3.32. The molecule has 0 aliphatic carbocycles. The van der Waals surface area contributed by atoms with Gasteiger partial charge in [-0.15, -0.1) is 0 Å². The van der Waals surface area contributed by atoms with Gasteiger partial charge in [0.2, 0.25) is 5.91 Å². The summed E-state index contributed by atoms with van der Waals surface area (Å²) in [6.07, 6.45) is 4.44. The number of hydrogen-bond acceptors (Lipinski definition) is 4. The van der Waals surface area contributed by atoms with Crippen LogP contribution in [0.1, 0.15) is 22.3 Å². The van der Waals surface area contributed by atoms with Crippen LogP contribution < -0.4 is 5.32 Å². The lowest BCUT2D eigenvalue weighted by Gasteiger charge is -2.11. The van der Waals surface area contributed by atoms with Crippen LogP contribution in [0, 0.1) is 25.2 Å². The molecule has 31 heavy (non-hydrogen) atoms. The number of benzene rings is 2. The number of rotatable bonds is 4. The van der Waals surface area contributed by atoms with E-state index in [1.165, 1.54) is 17.0 Å². The third-order valence-electron chi connectivity index (χ3n) is 4.86. The third-order valence-corrected chi connectivity index (χ3v) is 5.09. The smallest absolute Gasteiger partial charge is 0.249 e. The monoisotopic (exact) mass is 427 g/mol. The van der Waals surface area contributed by atoms with Gasteiger partial charge in [-0.2, -0.15) is 15.0 Å². The number of aromatic nitrogens is 3. The maximum absolute atomic E-state index is 12.6.